The molecule has 0 aliphatic carbocycles. The molecular weight excluding hydrogens is 341 g/mol. The van der Waals surface area contributed by atoms with Crippen molar-refractivity contribution in [3.05, 3.63) is 64.1 Å². The van der Waals surface area contributed by atoms with Gasteiger partial charge in [-0.05, 0) is 30.5 Å². The van der Waals surface area contributed by atoms with Crippen molar-refractivity contribution in [2.75, 3.05) is 6.54 Å². The van der Waals surface area contributed by atoms with Crippen molar-refractivity contribution in [3.8, 4) is 0 Å². The zero-order valence-corrected chi connectivity index (χ0v) is 14.1. The summed E-state index contributed by atoms with van der Waals surface area (Å²) >= 11 is 12.2. The third-order valence-electron chi connectivity index (χ3n) is 3.87. The number of benzene rings is 2. The molecule has 2 aromatic carbocycles. The average Bonchev–Trinajstić information content (AvgIpc) is 2.98. The molecule has 3 rings (SSSR count). The zero-order valence-electron chi connectivity index (χ0n) is 11.7. The van der Waals surface area contributed by atoms with E-state index in [4.69, 9.17) is 23.2 Å². The van der Waals surface area contributed by atoms with E-state index in [0.717, 1.165) is 18.4 Å². The van der Waals surface area contributed by atoms with Gasteiger partial charge in [0.2, 0.25) is 10.0 Å². The van der Waals surface area contributed by atoms with Crippen LogP contribution in [0.5, 0.6) is 0 Å². The molecule has 0 bridgehead atoms. The number of nitrogens with zero attached hydrogens (tertiary/aromatic N) is 1. The van der Waals surface area contributed by atoms with Crippen LogP contribution in [0.25, 0.3) is 0 Å². The van der Waals surface area contributed by atoms with Crippen LogP contribution in [-0.2, 0) is 10.0 Å². The van der Waals surface area contributed by atoms with Gasteiger partial charge in [0.25, 0.3) is 0 Å². The predicted molar refractivity (Wildman–Crippen MR) is 88.8 cm³/mol. The number of sulfonamides is 1. The van der Waals surface area contributed by atoms with Gasteiger partial charge in [-0.2, -0.15) is 4.31 Å². The van der Waals surface area contributed by atoms with Crippen LogP contribution in [0.3, 0.4) is 0 Å². The minimum Gasteiger partial charge on any atom is -0.207 e. The Morgan fingerprint density at radius 3 is 2.23 bits per heavy atom. The van der Waals surface area contributed by atoms with Crippen LogP contribution in [0.2, 0.25) is 10.0 Å². The van der Waals surface area contributed by atoms with Crippen LogP contribution in [0.15, 0.2) is 53.4 Å². The molecule has 1 heterocycles. The maximum Gasteiger partial charge on any atom is 0.246 e. The fraction of sp³-hybridized carbons (Fsp3) is 0.250. The standard InChI is InChI=1S/C16H15Cl2NO2S/c17-13-8-4-9-14(18)16(13)22(20,21)19-11-5-10-15(19)12-6-2-1-3-7-12/h1-4,6-9,15H,5,10-11H2/t15-/m1/s1. The molecule has 0 radical (unpaired) electrons. The Kier molecular flexibility index (Phi) is 4.46. The van der Waals surface area contributed by atoms with E-state index in [1.165, 1.54) is 4.31 Å². The highest BCUT2D eigenvalue weighted by Gasteiger charge is 2.38. The lowest BCUT2D eigenvalue weighted by molar-refractivity contribution is 0.397. The van der Waals surface area contributed by atoms with Gasteiger partial charge in [-0.1, -0.05) is 59.6 Å². The topological polar surface area (TPSA) is 37.4 Å². The van der Waals surface area contributed by atoms with Crippen LogP contribution >= 0.6 is 23.2 Å². The molecule has 0 N–H and O–H groups in total. The largest absolute Gasteiger partial charge is 0.246 e. The minimum atomic E-state index is -3.73. The molecule has 1 saturated heterocycles. The van der Waals surface area contributed by atoms with E-state index in [1.54, 1.807) is 18.2 Å². The van der Waals surface area contributed by atoms with Crippen molar-refractivity contribution in [2.24, 2.45) is 0 Å². The fourth-order valence-electron chi connectivity index (χ4n) is 2.88. The highest BCUT2D eigenvalue weighted by atomic mass is 35.5. The number of rotatable bonds is 3. The molecule has 0 unspecified atom stereocenters. The Morgan fingerprint density at radius 1 is 0.955 bits per heavy atom. The molecular formula is C16H15Cl2NO2S. The molecule has 1 aliphatic heterocycles. The first kappa shape index (κ1) is 15.8. The molecule has 2 aromatic rings. The third kappa shape index (κ3) is 2.76. The van der Waals surface area contributed by atoms with Crippen molar-refractivity contribution >= 4 is 33.2 Å². The van der Waals surface area contributed by atoms with Gasteiger partial charge in [-0.15, -0.1) is 0 Å². The Labute approximate surface area is 140 Å². The van der Waals surface area contributed by atoms with E-state index >= 15 is 0 Å². The minimum absolute atomic E-state index is 0.00108. The second kappa shape index (κ2) is 6.20. The molecule has 1 atom stereocenters. The molecule has 3 nitrogen and oxygen atoms in total. The summed E-state index contributed by atoms with van der Waals surface area (Å²) in [6.45, 7) is 0.476. The van der Waals surface area contributed by atoms with E-state index in [1.807, 2.05) is 30.3 Å². The molecule has 0 spiro atoms. The SMILES string of the molecule is O=S(=O)(c1c(Cl)cccc1Cl)N1CCC[C@@H]1c1ccccc1. The van der Waals surface area contributed by atoms with Crippen molar-refractivity contribution in [3.63, 3.8) is 0 Å². The predicted octanol–water partition coefficient (Wildman–Crippen LogP) is 4.52. The first-order chi connectivity index (χ1) is 10.5. The fourth-order valence-corrected chi connectivity index (χ4v) is 5.66. The molecule has 0 saturated carbocycles. The second-order valence-electron chi connectivity index (χ2n) is 5.24. The zero-order chi connectivity index (χ0) is 15.7. The summed E-state index contributed by atoms with van der Waals surface area (Å²) in [6.07, 6.45) is 1.62. The van der Waals surface area contributed by atoms with Gasteiger partial charge in [0.1, 0.15) is 4.90 Å². The van der Waals surface area contributed by atoms with Crippen LogP contribution in [0.4, 0.5) is 0 Å². The highest BCUT2D eigenvalue weighted by molar-refractivity contribution is 7.89. The number of halogens is 2. The number of hydrogen-bond acceptors (Lipinski definition) is 2. The molecule has 6 heteroatoms. The molecule has 0 aromatic heterocycles. The van der Waals surface area contributed by atoms with E-state index in [0.29, 0.717) is 6.54 Å². The van der Waals surface area contributed by atoms with Gasteiger partial charge < -0.3 is 0 Å². The quantitative estimate of drug-likeness (QED) is 0.811. The van der Waals surface area contributed by atoms with Crippen molar-refractivity contribution in [2.45, 2.75) is 23.8 Å². The molecule has 116 valence electrons. The van der Waals surface area contributed by atoms with E-state index in [2.05, 4.69) is 0 Å². The molecule has 22 heavy (non-hydrogen) atoms. The Morgan fingerprint density at radius 2 is 1.59 bits per heavy atom. The van der Waals surface area contributed by atoms with E-state index < -0.39 is 10.0 Å². The van der Waals surface area contributed by atoms with Gasteiger partial charge in [0, 0.05) is 6.54 Å². The van der Waals surface area contributed by atoms with Crippen LogP contribution in [-0.4, -0.2) is 19.3 Å². The van der Waals surface area contributed by atoms with Gasteiger partial charge in [-0.3, -0.25) is 0 Å². The Hall–Kier alpha value is -1.07. The van der Waals surface area contributed by atoms with Crippen molar-refractivity contribution in [1.29, 1.82) is 0 Å². The molecule has 0 amide bonds. The third-order valence-corrected chi connectivity index (χ3v) is 6.74. The summed E-state index contributed by atoms with van der Waals surface area (Å²) in [4.78, 5) is 0.00108. The van der Waals surface area contributed by atoms with Crippen LogP contribution < -0.4 is 0 Å². The summed E-state index contributed by atoms with van der Waals surface area (Å²) < 4.78 is 27.5. The van der Waals surface area contributed by atoms with Gasteiger partial charge in [-0.25, -0.2) is 8.42 Å². The van der Waals surface area contributed by atoms with E-state index in [9.17, 15) is 8.42 Å². The first-order valence-electron chi connectivity index (χ1n) is 7.02. The Balaban J connectivity index is 2.05. The maximum absolute atomic E-state index is 13.0. The average molecular weight is 356 g/mol. The van der Waals surface area contributed by atoms with Crippen molar-refractivity contribution in [1.82, 2.24) is 4.31 Å². The smallest absolute Gasteiger partial charge is 0.207 e. The molecule has 1 fully saturated rings. The van der Waals surface area contributed by atoms with Gasteiger partial charge in [0.15, 0.2) is 0 Å². The normalized spacial score (nSPS) is 19.5. The van der Waals surface area contributed by atoms with Crippen molar-refractivity contribution < 1.29 is 8.42 Å². The second-order valence-corrected chi connectivity index (χ2v) is 7.88. The lowest BCUT2D eigenvalue weighted by atomic mass is 10.1. The van der Waals surface area contributed by atoms with Gasteiger partial charge >= 0.3 is 0 Å². The monoisotopic (exact) mass is 355 g/mol. The van der Waals surface area contributed by atoms with Gasteiger partial charge in [0.05, 0.1) is 16.1 Å². The Bertz CT molecular complexity index is 758. The highest BCUT2D eigenvalue weighted by Crippen LogP contribution is 2.40. The maximum atomic E-state index is 13.0. The summed E-state index contributed by atoms with van der Waals surface area (Å²) in [7, 11) is -3.73. The van der Waals surface area contributed by atoms with Crippen LogP contribution in [0, 0.1) is 0 Å². The lowest BCUT2D eigenvalue weighted by Gasteiger charge is -2.25. The van der Waals surface area contributed by atoms with Crippen LogP contribution in [0.1, 0.15) is 24.4 Å². The molecule has 1 aliphatic rings. The summed E-state index contributed by atoms with van der Waals surface area (Å²) in [6, 6.07) is 14.2. The van der Waals surface area contributed by atoms with E-state index in [-0.39, 0.29) is 21.0 Å². The number of hydrogen-bond donors (Lipinski definition) is 0. The first-order valence-corrected chi connectivity index (χ1v) is 9.22. The summed E-state index contributed by atoms with van der Waals surface area (Å²) in [5, 5.41) is 0.317. The summed E-state index contributed by atoms with van der Waals surface area (Å²) in [5.41, 5.74) is 0.992. The summed E-state index contributed by atoms with van der Waals surface area (Å²) in [5.74, 6) is 0. The lowest BCUT2D eigenvalue weighted by Crippen LogP contribution is -2.31.